The first kappa shape index (κ1) is 21.1. The Bertz CT molecular complexity index is 781. The Morgan fingerprint density at radius 3 is 2.41 bits per heavy atom. The summed E-state index contributed by atoms with van der Waals surface area (Å²) in [6.45, 7) is 8.29. The number of nitrogens with zero attached hydrogens (tertiary/aromatic N) is 1. The van der Waals surface area contributed by atoms with Crippen LogP contribution in [-0.2, 0) is 4.74 Å². The van der Waals surface area contributed by atoms with Gasteiger partial charge in [-0.3, -0.25) is 14.5 Å². The lowest BCUT2D eigenvalue weighted by Gasteiger charge is -2.35. The van der Waals surface area contributed by atoms with Gasteiger partial charge >= 0.3 is 0 Å². The normalized spacial score (nSPS) is 15.8. The number of benzene rings is 1. The third kappa shape index (κ3) is 6.17. The topological polar surface area (TPSA) is 83.8 Å². The molecule has 2 N–H and O–H groups in total. The summed E-state index contributed by atoms with van der Waals surface area (Å²) in [5, 5.41) is 5.80. The Morgan fingerprint density at radius 2 is 1.79 bits per heavy atom. The van der Waals surface area contributed by atoms with Crippen molar-refractivity contribution in [2.24, 2.45) is 5.92 Å². The molecule has 1 fully saturated rings. The molecule has 0 bridgehead atoms. The molecule has 1 aliphatic rings. The van der Waals surface area contributed by atoms with E-state index in [1.807, 2.05) is 0 Å². The van der Waals surface area contributed by atoms with E-state index in [1.165, 1.54) is 6.26 Å². The van der Waals surface area contributed by atoms with Crippen LogP contribution in [0.4, 0.5) is 5.69 Å². The molecule has 1 aromatic heterocycles. The van der Waals surface area contributed by atoms with Crippen LogP contribution in [0.5, 0.6) is 0 Å². The summed E-state index contributed by atoms with van der Waals surface area (Å²) >= 11 is 0. The highest BCUT2D eigenvalue weighted by atomic mass is 16.5. The summed E-state index contributed by atoms with van der Waals surface area (Å²) in [5.74, 6) is 0.355. The van der Waals surface area contributed by atoms with Crippen LogP contribution in [0.1, 0.15) is 41.2 Å². The molecule has 7 nitrogen and oxygen atoms in total. The van der Waals surface area contributed by atoms with Gasteiger partial charge in [-0.05, 0) is 48.7 Å². The van der Waals surface area contributed by atoms with E-state index in [9.17, 15) is 9.59 Å². The van der Waals surface area contributed by atoms with Gasteiger partial charge in [0.15, 0.2) is 5.76 Å². The number of carbonyl (C=O) groups is 2. The fraction of sp³-hybridized carbons (Fsp3) is 0.455. The van der Waals surface area contributed by atoms with Gasteiger partial charge in [0.1, 0.15) is 0 Å². The zero-order valence-electron chi connectivity index (χ0n) is 17.0. The van der Waals surface area contributed by atoms with Gasteiger partial charge in [0.2, 0.25) is 0 Å². The molecule has 1 aromatic carbocycles. The number of anilines is 1. The smallest absolute Gasteiger partial charge is 0.291 e. The largest absolute Gasteiger partial charge is 0.459 e. The number of morpholine rings is 1. The molecule has 3 rings (SSSR count). The molecule has 1 unspecified atom stereocenters. The van der Waals surface area contributed by atoms with E-state index in [0.717, 1.165) is 32.7 Å². The van der Waals surface area contributed by atoms with Crippen LogP contribution >= 0.6 is 0 Å². The maximum atomic E-state index is 12.6. The summed E-state index contributed by atoms with van der Waals surface area (Å²) in [6, 6.07) is 10.4. The van der Waals surface area contributed by atoms with Gasteiger partial charge in [-0.25, -0.2) is 0 Å². The zero-order chi connectivity index (χ0) is 20.6. The van der Waals surface area contributed by atoms with E-state index < -0.39 is 0 Å². The van der Waals surface area contributed by atoms with Gasteiger partial charge in [0, 0.05) is 36.9 Å². The quantitative estimate of drug-likeness (QED) is 0.713. The number of nitrogens with one attached hydrogen (secondary N) is 2. The van der Waals surface area contributed by atoms with Crippen LogP contribution in [0.2, 0.25) is 0 Å². The molecule has 2 amide bonds. The van der Waals surface area contributed by atoms with E-state index >= 15 is 0 Å². The number of hydrogen-bond acceptors (Lipinski definition) is 5. The molecule has 7 heteroatoms. The van der Waals surface area contributed by atoms with Crippen molar-refractivity contribution < 1.29 is 18.7 Å². The van der Waals surface area contributed by atoms with Crippen molar-refractivity contribution in [3.05, 3.63) is 54.0 Å². The molecule has 1 saturated heterocycles. The maximum Gasteiger partial charge on any atom is 0.291 e. The van der Waals surface area contributed by atoms with Gasteiger partial charge in [0.25, 0.3) is 11.8 Å². The molecule has 0 radical (unpaired) electrons. The van der Waals surface area contributed by atoms with Crippen LogP contribution in [0.3, 0.4) is 0 Å². The van der Waals surface area contributed by atoms with Crippen molar-refractivity contribution in [3.8, 4) is 0 Å². The Labute approximate surface area is 171 Å². The lowest BCUT2D eigenvalue weighted by atomic mass is 10.0. The highest BCUT2D eigenvalue weighted by molar-refractivity contribution is 6.02. The van der Waals surface area contributed by atoms with E-state index in [4.69, 9.17) is 9.15 Å². The van der Waals surface area contributed by atoms with Gasteiger partial charge in [0.05, 0.1) is 19.5 Å². The number of carbonyl (C=O) groups excluding carboxylic acids is 2. The summed E-state index contributed by atoms with van der Waals surface area (Å²) in [5.41, 5.74) is 1.17. The van der Waals surface area contributed by atoms with Gasteiger partial charge < -0.3 is 19.8 Å². The minimum atomic E-state index is -0.325. The second-order valence-electron chi connectivity index (χ2n) is 7.65. The first-order chi connectivity index (χ1) is 14.0. The van der Waals surface area contributed by atoms with Crippen molar-refractivity contribution in [2.45, 2.75) is 26.3 Å². The minimum absolute atomic E-state index is 0.115. The predicted molar refractivity (Wildman–Crippen MR) is 111 cm³/mol. The van der Waals surface area contributed by atoms with E-state index in [-0.39, 0.29) is 17.6 Å². The molecule has 2 aromatic rings. The third-order valence-corrected chi connectivity index (χ3v) is 4.95. The van der Waals surface area contributed by atoms with E-state index in [2.05, 4.69) is 29.4 Å². The molecule has 0 saturated carbocycles. The summed E-state index contributed by atoms with van der Waals surface area (Å²) in [4.78, 5) is 27.0. The van der Waals surface area contributed by atoms with Crippen molar-refractivity contribution in [2.75, 3.05) is 38.2 Å². The van der Waals surface area contributed by atoms with Crippen LogP contribution in [0.15, 0.2) is 47.1 Å². The number of rotatable bonds is 8. The Morgan fingerprint density at radius 1 is 1.07 bits per heavy atom. The number of ether oxygens (including phenoxy) is 1. The molecule has 0 aliphatic carbocycles. The zero-order valence-corrected chi connectivity index (χ0v) is 17.0. The highest BCUT2D eigenvalue weighted by Crippen LogP contribution is 2.14. The van der Waals surface area contributed by atoms with Crippen LogP contribution in [-0.4, -0.2) is 55.6 Å². The fourth-order valence-electron chi connectivity index (χ4n) is 3.47. The molecule has 1 atom stereocenters. The second kappa shape index (κ2) is 10.2. The molecule has 156 valence electrons. The molecular weight excluding hydrogens is 370 g/mol. The van der Waals surface area contributed by atoms with Crippen LogP contribution in [0, 0.1) is 5.92 Å². The summed E-state index contributed by atoms with van der Waals surface area (Å²) in [6.07, 6.45) is 2.48. The molecule has 2 heterocycles. The standard InChI is InChI=1S/C22H29N3O4/c1-16(2)14-19(25-9-12-28-13-10-25)15-23-21(26)17-5-7-18(8-6-17)24-22(27)20-4-3-11-29-20/h3-8,11,16,19H,9-10,12-15H2,1-2H3,(H,23,26)(H,24,27). The Kier molecular flexibility index (Phi) is 7.43. The second-order valence-corrected chi connectivity index (χ2v) is 7.65. The monoisotopic (exact) mass is 399 g/mol. The van der Waals surface area contributed by atoms with E-state index in [1.54, 1.807) is 36.4 Å². The van der Waals surface area contributed by atoms with Crippen LogP contribution < -0.4 is 10.6 Å². The first-order valence-corrected chi connectivity index (χ1v) is 10.1. The third-order valence-electron chi connectivity index (χ3n) is 4.95. The fourth-order valence-corrected chi connectivity index (χ4v) is 3.47. The van der Waals surface area contributed by atoms with Gasteiger partial charge in [-0.1, -0.05) is 13.8 Å². The lowest BCUT2D eigenvalue weighted by molar-refractivity contribution is 0.0124. The van der Waals surface area contributed by atoms with E-state index in [0.29, 0.717) is 29.8 Å². The number of furan rings is 1. The molecule has 29 heavy (non-hydrogen) atoms. The maximum absolute atomic E-state index is 12.6. The summed E-state index contributed by atoms with van der Waals surface area (Å²) in [7, 11) is 0. The SMILES string of the molecule is CC(C)CC(CNC(=O)c1ccc(NC(=O)c2ccco2)cc1)N1CCOCC1. The van der Waals surface area contributed by atoms with Crippen molar-refractivity contribution in [3.63, 3.8) is 0 Å². The first-order valence-electron chi connectivity index (χ1n) is 10.1. The molecular formula is C22H29N3O4. The Balaban J connectivity index is 1.54. The predicted octanol–water partition coefficient (Wildman–Crippen LogP) is 3.01. The van der Waals surface area contributed by atoms with Crippen molar-refractivity contribution in [1.29, 1.82) is 0 Å². The average molecular weight is 399 g/mol. The van der Waals surface area contributed by atoms with Crippen molar-refractivity contribution in [1.82, 2.24) is 10.2 Å². The molecule has 1 aliphatic heterocycles. The average Bonchev–Trinajstić information content (AvgIpc) is 3.27. The van der Waals surface area contributed by atoms with Gasteiger partial charge in [-0.15, -0.1) is 0 Å². The highest BCUT2D eigenvalue weighted by Gasteiger charge is 2.22. The van der Waals surface area contributed by atoms with Crippen molar-refractivity contribution >= 4 is 17.5 Å². The van der Waals surface area contributed by atoms with Crippen LogP contribution in [0.25, 0.3) is 0 Å². The minimum Gasteiger partial charge on any atom is -0.459 e. The number of amides is 2. The van der Waals surface area contributed by atoms with Gasteiger partial charge in [-0.2, -0.15) is 0 Å². The lowest BCUT2D eigenvalue weighted by Crippen LogP contribution is -2.49. The molecule has 0 spiro atoms. The number of hydrogen-bond donors (Lipinski definition) is 2. The summed E-state index contributed by atoms with van der Waals surface area (Å²) < 4.78 is 10.5. The Hall–Kier alpha value is -2.64.